The topological polar surface area (TPSA) is 77.8 Å². The third-order valence-electron chi connectivity index (χ3n) is 5.32. The number of aldehydes is 1. The van der Waals surface area contributed by atoms with Crippen molar-refractivity contribution < 1.29 is 19.8 Å². The van der Waals surface area contributed by atoms with Crippen LogP contribution in [0.3, 0.4) is 0 Å². The first-order chi connectivity index (χ1) is 14.9. The highest BCUT2D eigenvalue weighted by Gasteiger charge is 2.32. The number of halogens is 1. The number of hydrogen-bond donors (Lipinski definition) is 2. The second kappa shape index (κ2) is 10.2. The van der Waals surface area contributed by atoms with Crippen LogP contribution in [0, 0.1) is 6.92 Å². The molecular formula is C25H24ClNO4. The Morgan fingerprint density at radius 3 is 2.39 bits per heavy atom. The minimum absolute atomic E-state index is 0.000844. The van der Waals surface area contributed by atoms with E-state index in [1.165, 1.54) is 11.0 Å². The molecule has 0 bridgehead atoms. The number of carbonyl (C=O) groups excluding carboxylic acids is 2. The third-order valence-corrected chi connectivity index (χ3v) is 5.69. The van der Waals surface area contributed by atoms with Crippen LogP contribution >= 0.6 is 11.6 Å². The fourth-order valence-corrected chi connectivity index (χ4v) is 3.72. The van der Waals surface area contributed by atoms with Crippen molar-refractivity contribution in [3.63, 3.8) is 0 Å². The van der Waals surface area contributed by atoms with Crippen LogP contribution in [0.15, 0.2) is 72.8 Å². The second-order valence-electron chi connectivity index (χ2n) is 7.36. The summed E-state index contributed by atoms with van der Waals surface area (Å²) in [5, 5.41) is 21.1. The van der Waals surface area contributed by atoms with Gasteiger partial charge in [-0.05, 0) is 42.7 Å². The van der Waals surface area contributed by atoms with Gasteiger partial charge < -0.3 is 19.9 Å². The van der Waals surface area contributed by atoms with Gasteiger partial charge in [-0.2, -0.15) is 0 Å². The quantitative estimate of drug-likeness (QED) is 0.518. The number of carbonyl (C=O) groups is 2. The van der Waals surface area contributed by atoms with Crippen molar-refractivity contribution in [2.75, 3.05) is 0 Å². The number of amides is 1. The fourth-order valence-electron chi connectivity index (χ4n) is 3.52. The van der Waals surface area contributed by atoms with Crippen molar-refractivity contribution in [2.24, 2.45) is 0 Å². The number of aromatic hydroxyl groups is 1. The van der Waals surface area contributed by atoms with Crippen LogP contribution in [0.25, 0.3) is 0 Å². The van der Waals surface area contributed by atoms with Crippen LogP contribution in [0.2, 0.25) is 5.02 Å². The number of aliphatic hydroxyl groups excluding tert-OH is 1. The van der Waals surface area contributed by atoms with Crippen LogP contribution in [0.1, 0.15) is 27.0 Å². The minimum atomic E-state index is -1.40. The van der Waals surface area contributed by atoms with Gasteiger partial charge in [-0.15, -0.1) is 0 Å². The molecule has 3 aromatic rings. The van der Waals surface area contributed by atoms with E-state index in [1.54, 1.807) is 37.3 Å². The van der Waals surface area contributed by atoms with E-state index in [9.17, 15) is 19.8 Å². The Hall–Kier alpha value is -3.15. The summed E-state index contributed by atoms with van der Waals surface area (Å²) in [5.74, 6) is -0.408. The van der Waals surface area contributed by atoms with Crippen molar-refractivity contribution in [3.05, 3.63) is 100 Å². The molecule has 2 N–H and O–H groups in total. The smallest absolute Gasteiger partial charge is 0.254 e. The summed E-state index contributed by atoms with van der Waals surface area (Å²) < 4.78 is 0. The second-order valence-corrected chi connectivity index (χ2v) is 7.77. The number of phenolic OH excluding ortho intramolecular Hbond substituents is 1. The maximum atomic E-state index is 13.6. The fraction of sp³-hybridized carbons (Fsp3) is 0.200. The molecule has 3 rings (SSSR count). The third kappa shape index (κ3) is 5.32. The molecule has 0 saturated heterocycles. The van der Waals surface area contributed by atoms with Gasteiger partial charge in [0.2, 0.25) is 0 Å². The van der Waals surface area contributed by atoms with Crippen molar-refractivity contribution in [1.82, 2.24) is 4.90 Å². The molecule has 5 nitrogen and oxygen atoms in total. The van der Waals surface area contributed by atoms with E-state index in [2.05, 4.69) is 0 Å². The van der Waals surface area contributed by atoms with E-state index in [0.29, 0.717) is 28.0 Å². The summed E-state index contributed by atoms with van der Waals surface area (Å²) in [5.41, 5.74) is 2.28. The first-order valence-corrected chi connectivity index (χ1v) is 10.3. The molecule has 0 heterocycles. The molecule has 0 radical (unpaired) electrons. The predicted octanol–water partition coefficient (Wildman–Crippen LogP) is 4.17. The number of rotatable bonds is 8. The maximum absolute atomic E-state index is 13.6. The van der Waals surface area contributed by atoms with Crippen molar-refractivity contribution in [3.8, 4) is 5.75 Å². The van der Waals surface area contributed by atoms with Crippen LogP contribution in [-0.2, 0) is 17.8 Å². The Morgan fingerprint density at radius 2 is 1.71 bits per heavy atom. The molecule has 0 saturated carbocycles. The Bertz CT molecular complexity index is 1050. The van der Waals surface area contributed by atoms with Crippen molar-refractivity contribution in [2.45, 2.75) is 32.0 Å². The Labute approximate surface area is 186 Å². The molecule has 6 heteroatoms. The lowest BCUT2D eigenvalue weighted by Gasteiger charge is -2.34. The van der Waals surface area contributed by atoms with E-state index in [0.717, 1.165) is 5.56 Å². The number of hydrogen-bond acceptors (Lipinski definition) is 4. The van der Waals surface area contributed by atoms with Crippen molar-refractivity contribution >= 4 is 23.8 Å². The normalized spacial score (nSPS) is 12.7. The zero-order chi connectivity index (χ0) is 22.4. The summed E-state index contributed by atoms with van der Waals surface area (Å²) >= 11 is 6.34. The average molecular weight is 438 g/mol. The molecule has 0 aliphatic rings. The van der Waals surface area contributed by atoms with Gasteiger partial charge in [0.25, 0.3) is 5.91 Å². The summed E-state index contributed by atoms with van der Waals surface area (Å²) in [6.07, 6.45) is -0.686. The van der Waals surface area contributed by atoms with E-state index < -0.39 is 18.1 Å². The number of nitrogens with zero attached hydrogens (tertiary/aromatic N) is 1. The molecule has 0 unspecified atom stereocenters. The van der Waals surface area contributed by atoms with Gasteiger partial charge in [-0.25, -0.2) is 0 Å². The van der Waals surface area contributed by atoms with Gasteiger partial charge in [0.05, 0.1) is 6.04 Å². The number of phenols is 1. The highest BCUT2D eigenvalue weighted by molar-refractivity contribution is 6.31. The molecule has 31 heavy (non-hydrogen) atoms. The summed E-state index contributed by atoms with van der Waals surface area (Å²) in [4.78, 5) is 26.7. The number of benzene rings is 3. The van der Waals surface area contributed by atoms with E-state index in [1.807, 2.05) is 36.4 Å². The Morgan fingerprint density at radius 1 is 1.03 bits per heavy atom. The largest absolute Gasteiger partial charge is 0.508 e. The molecule has 0 fully saturated rings. The van der Waals surface area contributed by atoms with Crippen LogP contribution in [-0.4, -0.2) is 39.5 Å². The molecule has 0 aliphatic carbocycles. The zero-order valence-corrected chi connectivity index (χ0v) is 17.9. The summed E-state index contributed by atoms with van der Waals surface area (Å²) in [6, 6.07) is 20.4. The minimum Gasteiger partial charge on any atom is -0.508 e. The summed E-state index contributed by atoms with van der Waals surface area (Å²) in [7, 11) is 0. The Kier molecular flexibility index (Phi) is 7.45. The van der Waals surface area contributed by atoms with Crippen molar-refractivity contribution in [1.29, 1.82) is 0 Å². The van der Waals surface area contributed by atoms with Gasteiger partial charge in [-0.3, -0.25) is 4.79 Å². The van der Waals surface area contributed by atoms with Crippen LogP contribution in [0.4, 0.5) is 0 Å². The monoisotopic (exact) mass is 437 g/mol. The first kappa shape index (κ1) is 22.5. The highest BCUT2D eigenvalue weighted by atomic mass is 35.5. The highest BCUT2D eigenvalue weighted by Crippen LogP contribution is 2.26. The zero-order valence-electron chi connectivity index (χ0n) is 17.1. The van der Waals surface area contributed by atoms with Gasteiger partial charge in [0.15, 0.2) is 6.29 Å². The van der Waals surface area contributed by atoms with Gasteiger partial charge >= 0.3 is 0 Å². The van der Waals surface area contributed by atoms with Gasteiger partial charge in [0.1, 0.15) is 11.9 Å². The molecule has 0 spiro atoms. The molecule has 2 atom stereocenters. The lowest BCUT2D eigenvalue weighted by molar-refractivity contribution is -0.117. The summed E-state index contributed by atoms with van der Waals surface area (Å²) in [6.45, 7) is 1.74. The average Bonchev–Trinajstić information content (AvgIpc) is 2.79. The maximum Gasteiger partial charge on any atom is 0.254 e. The molecule has 160 valence electrons. The van der Waals surface area contributed by atoms with Crippen LogP contribution in [0.5, 0.6) is 5.75 Å². The first-order valence-electron chi connectivity index (χ1n) is 9.92. The van der Waals surface area contributed by atoms with E-state index in [4.69, 9.17) is 11.6 Å². The molecule has 0 aliphatic heterocycles. The lowest BCUT2D eigenvalue weighted by atomic mass is 9.97. The van der Waals surface area contributed by atoms with Gasteiger partial charge in [-0.1, -0.05) is 66.2 Å². The van der Waals surface area contributed by atoms with E-state index >= 15 is 0 Å². The number of aliphatic hydroxyl groups is 1. The van der Waals surface area contributed by atoms with Gasteiger partial charge in [0, 0.05) is 22.7 Å². The van der Waals surface area contributed by atoms with E-state index in [-0.39, 0.29) is 18.7 Å². The Balaban J connectivity index is 2.07. The molecule has 3 aromatic carbocycles. The van der Waals surface area contributed by atoms with Crippen LogP contribution < -0.4 is 0 Å². The molecule has 1 amide bonds. The molecule has 0 aromatic heterocycles. The predicted molar refractivity (Wildman–Crippen MR) is 120 cm³/mol. The standard InChI is InChI=1S/C25H24ClNO4/c1-17-20(11-7-13-23(17)29)25(31)27(15-19-10-5-6-12-21(19)26)22(24(30)16-28)14-18-8-3-2-4-9-18/h2-13,16,22,24,29-30H,14-15H2,1H3/t22-,24-/m0/s1. The molecular weight excluding hydrogens is 414 g/mol. The SMILES string of the molecule is Cc1c(O)cccc1C(=O)N(Cc1ccccc1Cl)[C@@H](Cc1ccccc1)[C@@H](O)C=O. The lowest BCUT2D eigenvalue weighted by Crippen LogP contribution is -2.48.